The maximum Gasteiger partial charge on any atom is 0.313 e. The number of alkyl halides is 1. The van der Waals surface area contributed by atoms with Crippen LogP contribution in [-0.2, 0) is 35.1 Å². The lowest BCUT2D eigenvalue weighted by atomic mass is 9.70. The van der Waals surface area contributed by atoms with E-state index < -0.39 is 71.8 Å². The Morgan fingerprint density at radius 2 is 1.68 bits per heavy atom. The summed E-state index contributed by atoms with van der Waals surface area (Å²) in [5, 5.41) is 11.0. The zero-order valence-electron chi connectivity index (χ0n) is 34.0. The van der Waals surface area contributed by atoms with Crippen molar-refractivity contribution in [2.75, 3.05) is 20.2 Å². The Hall–Kier alpha value is -3.80. The van der Waals surface area contributed by atoms with E-state index in [4.69, 9.17) is 9.47 Å². The third-order valence-electron chi connectivity index (χ3n) is 11.8. The van der Waals surface area contributed by atoms with Crippen LogP contribution < -0.4 is 0 Å². The topological polar surface area (TPSA) is 117 Å². The highest BCUT2D eigenvalue weighted by atomic mass is 79.9. The Labute approximate surface area is 341 Å². The summed E-state index contributed by atoms with van der Waals surface area (Å²) < 4.78 is 13.3. The molecule has 1 unspecified atom stereocenters. The van der Waals surface area contributed by atoms with E-state index in [9.17, 15) is 14.7 Å². The number of likely N-dealkylation sites (tertiary alicyclic amines) is 1. The second kappa shape index (κ2) is 17.4. The molecule has 1 spiro atoms. The molecule has 5 rings (SSSR count). The molecule has 304 valence electrons. The molecule has 0 saturated carbocycles. The number of benzene rings is 2. The van der Waals surface area contributed by atoms with Gasteiger partial charge in [-0.1, -0.05) is 110 Å². The summed E-state index contributed by atoms with van der Waals surface area (Å²) in [6.07, 6.45) is 3.79. The van der Waals surface area contributed by atoms with Crippen molar-refractivity contribution in [2.24, 2.45) is 17.3 Å². The number of carbonyl (C=O) groups excluding carboxylic acids is 4. The van der Waals surface area contributed by atoms with Crippen LogP contribution in [0.25, 0.3) is 0 Å². The van der Waals surface area contributed by atoms with Gasteiger partial charge in [0.2, 0.25) is 17.7 Å². The minimum atomic E-state index is -1.39. The van der Waals surface area contributed by atoms with Crippen molar-refractivity contribution in [3.05, 3.63) is 97.1 Å². The molecule has 1 N–H and O–H groups in total. The van der Waals surface area contributed by atoms with E-state index in [0.29, 0.717) is 31.2 Å². The van der Waals surface area contributed by atoms with Crippen LogP contribution in [0.15, 0.2) is 86.0 Å². The van der Waals surface area contributed by atoms with Crippen molar-refractivity contribution in [1.82, 2.24) is 14.7 Å². The zero-order valence-corrected chi connectivity index (χ0v) is 35.6. The first kappa shape index (κ1) is 43.3. The van der Waals surface area contributed by atoms with Crippen LogP contribution in [0.2, 0.25) is 0 Å². The summed E-state index contributed by atoms with van der Waals surface area (Å²) in [5.41, 5.74) is -0.586. The Morgan fingerprint density at radius 1 is 1.05 bits per heavy atom. The third kappa shape index (κ3) is 8.55. The SMILES string of the molecule is C=CCCC(=O)N(C)[C@H](C)[C@H](OC(=O)[C@H]1[C@@H]2O[C@@]3(CC2Br)[C@@H]1C(=O)N([C@@H](CO)Cc1ccccc1)[C@@H]3C(=O)N(CC=C)C(C)(C)CC(C)(C)C)c1ccccc1. The molecule has 0 aromatic heterocycles. The molecule has 3 amide bonds. The second-order valence-corrected chi connectivity index (χ2v) is 18.7. The number of aliphatic hydroxyl groups is 1. The van der Waals surface area contributed by atoms with Crippen molar-refractivity contribution < 1.29 is 33.8 Å². The lowest BCUT2D eigenvalue weighted by molar-refractivity contribution is -0.165. The molecule has 2 aromatic carbocycles. The number of amides is 3. The molecule has 2 bridgehead atoms. The molecule has 56 heavy (non-hydrogen) atoms. The lowest BCUT2D eigenvalue weighted by Gasteiger charge is -2.46. The quantitative estimate of drug-likeness (QED) is 0.108. The van der Waals surface area contributed by atoms with Crippen LogP contribution >= 0.6 is 15.9 Å². The average molecular weight is 835 g/mol. The number of halogens is 1. The van der Waals surface area contributed by atoms with Gasteiger partial charge in [0.1, 0.15) is 17.7 Å². The summed E-state index contributed by atoms with van der Waals surface area (Å²) in [6.45, 7) is 19.8. The Morgan fingerprint density at radius 3 is 2.25 bits per heavy atom. The highest BCUT2D eigenvalue weighted by Crippen LogP contribution is 2.61. The molecule has 10 nitrogen and oxygen atoms in total. The number of nitrogens with zero attached hydrogens (tertiary/aromatic N) is 3. The molecule has 3 fully saturated rings. The number of likely N-dealkylation sites (N-methyl/N-ethyl adjacent to an activating group) is 1. The van der Waals surface area contributed by atoms with Crippen LogP contribution in [0.4, 0.5) is 0 Å². The van der Waals surface area contributed by atoms with E-state index in [1.807, 2.05) is 81.4 Å². The van der Waals surface area contributed by atoms with Gasteiger partial charge in [0.15, 0.2) is 0 Å². The average Bonchev–Trinajstić information content (AvgIpc) is 3.75. The number of fused-ring (bicyclic) bond motifs is 1. The van der Waals surface area contributed by atoms with Gasteiger partial charge in [-0.3, -0.25) is 19.2 Å². The van der Waals surface area contributed by atoms with Gasteiger partial charge in [-0.25, -0.2) is 0 Å². The van der Waals surface area contributed by atoms with Gasteiger partial charge < -0.3 is 29.3 Å². The lowest BCUT2D eigenvalue weighted by Crippen LogP contribution is -2.63. The summed E-state index contributed by atoms with van der Waals surface area (Å²) in [4.78, 5) is 63.1. The van der Waals surface area contributed by atoms with Crippen LogP contribution in [0.1, 0.15) is 84.5 Å². The van der Waals surface area contributed by atoms with Crippen molar-refractivity contribution in [1.29, 1.82) is 0 Å². The summed E-state index contributed by atoms with van der Waals surface area (Å²) in [7, 11) is 1.69. The molecule has 2 aromatic rings. The number of carbonyl (C=O) groups is 4. The van der Waals surface area contributed by atoms with Gasteiger partial charge in [-0.2, -0.15) is 0 Å². The number of aliphatic hydroxyl groups excluding tert-OH is 1. The standard InChI is InChI=1S/C45H60BrN3O7/c1-10-12-23-34(51)47(9)29(3)37(31-21-17-14-18-22-31)55-42(54)35-36-40(52)49(32(27-50)25-30-19-15-13-16-20-30)39(45(36)26-33(46)38(35)56-45)41(53)48(24-11-2)44(7,8)28-43(4,5)6/h10-11,13-22,29,32-33,35-39,50H,1-2,12,23-28H2,3-9H3/t29-,32-,33?,35-,36+,37+,38-,39-,45+/m1/s1. The van der Waals surface area contributed by atoms with E-state index in [-0.39, 0.29) is 35.0 Å². The Balaban J connectivity index is 1.59. The first-order valence-electron chi connectivity index (χ1n) is 19.8. The molecule has 0 radical (unpaired) electrons. The minimum absolute atomic E-state index is 0.119. The first-order chi connectivity index (χ1) is 26.4. The van der Waals surface area contributed by atoms with Gasteiger partial charge in [0.25, 0.3) is 0 Å². The van der Waals surface area contributed by atoms with Gasteiger partial charge in [0, 0.05) is 30.4 Å². The maximum atomic E-state index is 15.4. The van der Waals surface area contributed by atoms with Gasteiger partial charge >= 0.3 is 5.97 Å². The summed E-state index contributed by atoms with van der Waals surface area (Å²) in [6, 6.07) is 16.3. The molecule has 3 saturated heterocycles. The minimum Gasteiger partial charge on any atom is -0.455 e. The van der Waals surface area contributed by atoms with E-state index in [2.05, 4.69) is 49.9 Å². The number of rotatable bonds is 17. The predicted octanol–water partition coefficient (Wildman–Crippen LogP) is 6.67. The van der Waals surface area contributed by atoms with Gasteiger partial charge in [-0.15, -0.1) is 13.2 Å². The van der Waals surface area contributed by atoms with E-state index in [0.717, 1.165) is 5.56 Å². The molecule has 3 heterocycles. The number of hydrogen-bond donors (Lipinski definition) is 1. The van der Waals surface area contributed by atoms with E-state index >= 15 is 9.59 Å². The van der Waals surface area contributed by atoms with Crippen molar-refractivity contribution in [3.8, 4) is 0 Å². The zero-order chi connectivity index (χ0) is 41.2. The second-order valence-electron chi connectivity index (χ2n) is 17.6. The number of ether oxygens (including phenoxy) is 2. The third-order valence-corrected chi connectivity index (χ3v) is 12.6. The molecular formula is C45H60BrN3O7. The highest BCUT2D eigenvalue weighted by molar-refractivity contribution is 9.09. The Kier molecular flexibility index (Phi) is 13.4. The summed E-state index contributed by atoms with van der Waals surface area (Å²) >= 11 is 3.80. The van der Waals surface area contributed by atoms with Gasteiger partial charge in [-0.05, 0) is 63.0 Å². The van der Waals surface area contributed by atoms with Crippen LogP contribution in [0.3, 0.4) is 0 Å². The fraction of sp³-hybridized carbons (Fsp3) is 0.556. The molecule has 9 atom stereocenters. The maximum absolute atomic E-state index is 15.4. The predicted molar refractivity (Wildman–Crippen MR) is 221 cm³/mol. The molecular weight excluding hydrogens is 774 g/mol. The van der Waals surface area contributed by atoms with Crippen molar-refractivity contribution in [2.45, 2.75) is 120 Å². The smallest absolute Gasteiger partial charge is 0.313 e. The van der Waals surface area contributed by atoms with Crippen LogP contribution in [-0.4, -0.2) is 104 Å². The first-order valence-corrected chi connectivity index (χ1v) is 20.7. The molecule has 11 heteroatoms. The van der Waals surface area contributed by atoms with E-state index in [1.165, 1.54) is 4.90 Å². The fourth-order valence-corrected chi connectivity index (χ4v) is 10.5. The molecule has 0 aliphatic carbocycles. The number of hydrogen-bond acceptors (Lipinski definition) is 7. The van der Waals surface area contributed by atoms with Crippen molar-refractivity contribution in [3.63, 3.8) is 0 Å². The number of allylic oxidation sites excluding steroid dienone is 1. The van der Waals surface area contributed by atoms with Crippen molar-refractivity contribution >= 4 is 39.6 Å². The highest BCUT2D eigenvalue weighted by Gasteiger charge is 2.78. The molecule has 3 aliphatic rings. The summed E-state index contributed by atoms with van der Waals surface area (Å²) in [5.74, 6) is -3.61. The largest absolute Gasteiger partial charge is 0.455 e. The Bertz CT molecular complexity index is 1750. The monoisotopic (exact) mass is 833 g/mol. The van der Waals surface area contributed by atoms with Crippen LogP contribution in [0, 0.1) is 17.3 Å². The number of esters is 1. The van der Waals surface area contributed by atoms with Gasteiger partial charge in [0.05, 0.1) is 36.6 Å². The van der Waals surface area contributed by atoms with E-state index in [1.54, 1.807) is 29.0 Å². The van der Waals surface area contributed by atoms with Crippen LogP contribution in [0.5, 0.6) is 0 Å². The molecule has 3 aliphatic heterocycles. The normalized spacial score (nSPS) is 25.9. The fourth-order valence-electron chi connectivity index (χ4n) is 9.58.